The van der Waals surface area contributed by atoms with Crippen LogP contribution in [0, 0.1) is 0 Å². The number of hydroxylamine groups is 1. The zero-order chi connectivity index (χ0) is 14.8. The van der Waals surface area contributed by atoms with Crippen LogP contribution in [0.5, 0.6) is 0 Å². The lowest BCUT2D eigenvalue weighted by atomic mass is 10.1. The lowest BCUT2D eigenvalue weighted by Crippen LogP contribution is -2.29. The number of para-hydroxylation sites is 1. The molecule has 0 bridgehead atoms. The molecule has 0 aliphatic heterocycles. The molecule has 6 nitrogen and oxygen atoms in total. The van der Waals surface area contributed by atoms with Crippen molar-refractivity contribution in [2.45, 2.75) is 31.8 Å². The molecule has 20 heavy (non-hydrogen) atoms. The molecule has 1 atom stereocenters. The van der Waals surface area contributed by atoms with Gasteiger partial charge in [0, 0.05) is 19.2 Å². The second-order valence-electron chi connectivity index (χ2n) is 4.36. The Morgan fingerprint density at radius 1 is 1.25 bits per heavy atom. The zero-order valence-electron chi connectivity index (χ0n) is 11.5. The van der Waals surface area contributed by atoms with Gasteiger partial charge in [0.15, 0.2) is 0 Å². The zero-order valence-corrected chi connectivity index (χ0v) is 11.5. The summed E-state index contributed by atoms with van der Waals surface area (Å²) in [6.07, 6.45) is 1.45. The number of carbonyl (C=O) groups excluding carboxylic acids is 2. The minimum atomic E-state index is -0.549. The Balaban J connectivity index is 2.34. The first-order valence-corrected chi connectivity index (χ1v) is 6.49. The standard InChI is InChI=1S/C14H20N2O4/c1-20-12(9-5-6-10-13(17)16-19)14(18)15-11-7-3-2-4-8-11/h2-4,7-8,12,19H,5-6,9-10H2,1H3,(H,15,18)(H,16,17)/t12-/m1/s1. The van der Waals surface area contributed by atoms with E-state index in [9.17, 15) is 9.59 Å². The van der Waals surface area contributed by atoms with Crippen LogP contribution in [0.25, 0.3) is 0 Å². The number of carbonyl (C=O) groups is 2. The number of rotatable bonds is 8. The van der Waals surface area contributed by atoms with Crippen LogP contribution in [-0.4, -0.2) is 30.2 Å². The topological polar surface area (TPSA) is 87.7 Å². The average molecular weight is 280 g/mol. The second-order valence-corrected chi connectivity index (χ2v) is 4.36. The third-order valence-corrected chi connectivity index (χ3v) is 2.86. The number of nitrogens with one attached hydrogen (secondary N) is 2. The fraction of sp³-hybridized carbons (Fsp3) is 0.429. The van der Waals surface area contributed by atoms with E-state index in [1.54, 1.807) is 17.6 Å². The molecule has 0 aliphatic carbocycles. The molecule has 0 heterocycles. The van der Waals surface area contributed by atoms with Gasteiger partial charge in [-0.2, -0.15) is 0 Å². The van der Waals surface area contributed by atoms with Gasteiger partial charge < -0.3 is 10.1 Å². The predicted octanol–water partition coefficient (Wildman–Crippen LogP) is 1.71. The van der Waals surface area contributed by atoms with Gasteiger partial charge in [-0.25, -0.2) is 5.48 Å². The molecule has 110 valence electrons. The van der Waals surface area contributed by atoms with Crippen LogP contribution in [0.3, 0.4) is 0 Å². The average Bonchev–Trinajstić information content (AvgIpc) is 2.47. The van der Waals surface area contributed by atoms with Crippen LogP contribution in [0.1, 0.15) is 25.7 Å². The summed E-state index contributed by atoms with van der Waals surface area (Å²) in [7, 11) is 1.48. The van der Waals surface area contributed by atoms with Gasteiger partial charge >= 0.3 is 0 Å². The first kappa shape index (κ1) is 16.1. The maximum Gasteiger partial charge on any atom is 0.253 e. The molecular formula is C14H20N2O4. The van der Waals surface area contributed by atoms with E-state index in [4.69, 9.17) is 9.94 Å². The van der Waals surface area contributed by atoms with Gasteiger partial charge in [-0.3, -0.25) is 14.8 Å². The Morgan fingerprint density at radius 2 is 1.95 bits per heavy atom. The number of methoxy groups -OCH3 is 1. The van der Waals surface area contributed by atoms with E-state index in [-0.39, 0.29) is 12.3 Å². The lowest BCUT2D eigenvalue weighted by Gasteiger charge is -2.15. The molecular weight excluding hydrogens is 260 g/mol. The quantitative estimate of drug-likeness (QED) is 0.384. The molecule has 0 fully saturated rings. The van der Waals surface area contributed by atoms with E-state index in [1.807, 2.05) is 18.2 Å². The minimum absolute atomic E-state index is 0.203. The van der Waals surface area contributed by atoms with Crippen molar-refractivity contribution >= 4 is 17.5 Å². The number of ether oxygens (including phenoxy) is 1. The molecule has 1 rings (SSSR count). The van der Waals surface area contributed by atoms with E-state index in [1.165, 1.54) is 7.11 Å². The van der Waals surface area contributed by atoms with Crippen LogP contribution in [0.4, 0.5) is 5.69 Å². The SMILES string of the molecule is CO[C@H](CCCCC(=O)NO)C(=O)Nc1ccccc1. The van der Waals surface area contributed by atoms with Crippen LogP contribution in [0.2, 0.25) is 0 Å². The molecule has 0 aliphatic rings. The monoisotopic (exact) mass is 280 g/mol. The fourth-order valence-electron chi connectivity index (χ4n) is 1.77. The number of hydrogen-bond acceptors (Lipinski definition) is 4. The highest BCUT2D eigenvalue weighted by Gasteiger charge is 2.17. The van der Waals surface area contributed by atoms with E-state index in [0.717, 1.165) is 5.69 Å². The highest BCUT2D eigenvalue weighted by molar-refractivity contribution is 5.94. The molecule has 2 amide bonds. The Kier molecular flexibility index (Phi) is 7.31. The van der Waals surface area contributed by atoms with Gasteiger partial charge in [0.1, 0.15) is 6.10 Å². The normalized spacial score (nSPS) is 11.7. The highest BCUT2D eigenvalue weighted by atomic mass is 16.5. The summed E-state index contributed by atoms with van der Waals surface area (Å²) >= 11 is 0. The first-order chi connectivity index (χ1) is 9.67. The van der Waals surface area contributed by atoms with Crippen LogP contribution < -0.4 is 10.8 Å². The summed E-state index contributed by atoms with van der Waals surface area (Å²) in [5.74, 6) is -0.627. The second kappa shape index (κ2) is 9.06. The third kappa shape index (κ3) is 5.81. The molecule has 0 aromatic heterocycles. The molecule has 0 radical (unpaired) electrons. The van der Waals surface area contributed by atoms with Crippen molar-refractivity contribution < 1.29 is 19.5 Å². The van der Waals surface area contributed by atoms with Gasteiger partial charge in [-0.15, -0.1) is 0 Å². The Labute approximate surface area is 118 Å². The number of benzene rings is 1. The van der Waals surface area contributed by atoms with Gasteiger partial charge in [0.2, 0.25) is 5.91 Å². The number of anilines is 1. The summed E-state index contributed by atoms with van der Waals surface area (Å²) in [6, 6.07) is 9.15. The van der Waals surface area contributed by atoms with Crippen LogP contribution in [-0.2, 0) is 14.3 Å². The number of unbranched alkanes of at least 4 members (excludes halogenated alkanes) is 1. The predicted molar refractivity (Wildman–Crippen MR) is 74.3 cm³/mol. The third-order valence-electron chi connectivity index (χ3n) is 2.86. The van der Waals surface area contributed by atoms with Crippen molar-refractivity contribution in [3.8, 4) is 0 Å². The number of hydrogen-bond donors (Lipinski definition) is 3. The maximum absolute atomic E-state index is 12.0. The molecule has 1 aromatic rings. The Bertz CT molecular complexity index is 422. The number of amides is 2. The van der Waals surface area contributed by atoms with Crippen molar-refractivity contribution in [1.82, 2.24) is 5.48 Å². The van der Waals surface area contributed by atoms with Gasteiger partial charge in [-0.1, -0.05) is 18.2 Å². The largest absolute Gasteiger partial charge is 0.372 e. The summed E-state index contributed by atoms with van der Waals surface area (Å²) in [5.41, 5.74) is 2.29. The van der Waals surface area contributed by atoms with E-state index in [0.29, 0.717) is 19.3 Å². The maximum atomic E-state index is 12.0. The Hall–Kier alpha value is -1.92. The summed E-state index contributed by atoms with van der Waals surface area (Å²) in [6.45, 7) is 0. The molecule has 0 saturated heterocycles. The van der Waals surface area contributed by atoms with E-state index >= 15 is 0 Å². The molecule has 6 heteroatoms. The van der Waals surface area contributed by atoms with Crippen molar-refractivity contribution in [2.75, 3.05) is 12.4 Å². The molecule has 3 N–H and O–H groups in total. The smallest absolute Gasteiger partial charge is 0.253 e. The minimum Gasteiger partial charge on any atom is -0.372 e. The summed E-state index contributed by atoms with van der Waals surface area (Å²) in [5, 5.41) is 11.1. The van der Waals surface area contributed by atoms with E-state index < -0.39 is 12.0 Å². The lowest BCUT2D eigenvalue weighted by molar-refractivity contribution is -0.129. The molecule has 0 spiro atoms. The highest BCUT2D eigenvalue weighted by Crippen LogP contribution is 2.11. The summed E-state index contributed by atoms with van der Waals surface area (Å²) < 4.78 is 5.16. The van der Waals surface area contributed by atoms with Gasteiger partial charge in [0.25, 0.3) is 5.91 Å². The van der Waals surface area contributed by atoms with Crippen molar-refractivity contribution in [2.24, 2.45) is 0 Å². The molecule has 0 unspecified atom stereocenters. The van der Waals surface area contributed by atoms with Gasteiger partial charge in [0.05, 0.1) is 0 Å². The Morgan fingerprint density at radius 3 is 2.55 bits per heavy atom. The first-order valence-electron chi connectivity index (χ1n) is 6.49. The van der Waals surface area contributed by atoms with Crippen molar-refractivity contribution in [1.29, 1.82) is 0 Å². The summed E-state index contributed by atoms with van der Waals surface area (Å²) in [4.78, 5) is 22.8. The molecule has 0 saturated carbocycles. The van der Waals surface area contributed by atoms with E-state index in [2.05, 4.69) is 5.32 Å². The molecule has 1 aromatic carbocycles. The van der Waals surface area contributed by atoms with Crippen LogP contribution >= 0.6 is 0 Å². The van der Waals surface area contributed by atoms with Gasteiger partial charge in [-0.05, 0) is 31.4 Å². The van der Waals surface area contributed by atoms with Crippen LogP contribution in [0.15, 0.2) is 30.3 Å². The van der Waals surface area contributed by atoms with Crippen molar-refractivity contribution in [3.63, 3.8) is 0 Å². The van der Waals surface area contributed by atoms with Crippen molar-refractivity contribution in [3.05, 3.63) is 30.3 Å². The fourth-order valence-corrected chi connectivity index (χ4v) is 1.77.